The van der Waals surface area contributed by atoms with E-state index in [1.165, 1.54) is 0 Å². The topological polar surface area (TPSA) is 38.3 Å². The van der Waals surface area contributed by atoms with E-state index in [-0.39, 0.29) is 12.5 Å². The maximum absolute atomic E-state index is 11.3. The maximum atomic E-state index is 11.3. The van der Waals surface area contributed by atoms with Crippen molar-refractivity contribution in [3.05, 3.63) is 30.3 Å². The van der Waals surface area contributed by atoms with Gasteiger partial charge in [-0.1, -0.05) is 40.8 Å². The number of halogens is 1. The third kappa shape index (κ3) is 5.61. The number of hydrogen-bond donors (Lipinski definition) is 1. The molecule has 82 valence electrons. The Morgan fingerprint density at radius 2 is 2.07 bits per heavy atom. The van der Waals surface area contributed by atoms with Gasteiger partial charge < -0.3 is 10.1 Å². The van der Waals surface area contributed by atoms with Crippen molar-refractivity contribution >= 4 is 28.5 Å². The van der Waals surface area contributed by atoms with Gasteiger partial charge in [-0.15, -0.1) is 0 Å². The van der Waals surface area contributed by atoms with Crippen molar-refractivity contribution in [2.45, 2.75) is 6.42 Å². The highest BCUT2D eigenvalue weighted by Gasteiger charge is 2.00. The van der Waals surface area contributed by atoms with Gasteiger partial charge in [0.05, 0.1) is 0 Å². The number of amides is 1. The Morgan fingerprint density at radius 3 is 2.73 bits per heavy atom. The number of carbonyl (C=O) groups excluding carboxylic acids is 1. The zero-order valence-electron chi connectivity index (χ0n) is 8.41. The molecule has 0 heterocycles. The van der Waals surface area contributed by atoms with Gasteiger partial charge in [0.25, 0.3) is 5.91 Å². The summed E-state index contributed by atoms with van der Waals surface area (Å²) in [5.41, 5.74) is 0. The van der Waals surface area contributed by atoms with Crippen molar-refractivity contribution in [1.82, 2.24) is 5.32 Å². The second-order valence-electron chi connectivity index (χ2n) is 2.99. The second kappa shape index (κ2) is 7.50. The van der Waals surface area contributed by atoms with Crippen LogP contribution >= 0.6 is 22.6 Å². The SMILES string of the molecule is O=C(COc1ccccc1)NCCCI. The molecule has 0 radical (unpaired) electrons. The van der Waals surface area contributed by atoms with E-state index in [0.717, 1.165) is 23.1 Å². The van der Waals surface area contributed by atoms with Gasteiger partial charge in [-0.3, -0.25) is 4.79 Å². The van der Waals surface area contributed by atoms with Gasteiger partial charge in [0.15, 0.2) is 6.61 Å². The molecule has 0 aliphatic heterocycles. The third-order valence-electron chi connectivity index (χ3n) is 1.75. The van der Waals surface area contributed by atoms with Crippen molar-refractivity contribution in [3.8, 4) is 5.75 Å². The summed E-state index contributed by atoms with van der Waals surface area (Å²) >= 11 is 2.28. The van der Waals surface area contributed by atoms with Gasteiger partial charge in [0.1, 0.15) is 5.75 Å². The normalized spacial score (nSPS) is 9.67. The Labute approximate surface area is 103 Å². The molecule has 0 bridgehead atoms. The minimum absolute atomic E-state index is 0.0660. The van der Waals surface area contributed by atoms with Crippen LogP contribution in [0.5, 0.6) is 5.75 Å². The van der Waals surface area contributed by atoms with Crippen molar-refractivity contribution in [1.29, 1.82) is 0 Å². The first-order chi connectivity index (χ1) is 7.33. The molecule has 0 unspecified atom stereocenters. The van der Waals surface area contributed by atoms with E-state index in [1.54, 1.807) is 0 Å². The number of ether oxygens (including phenoxy) is 1. The van der Waals surface area contributed by atoms with Crippen molar-refractivity contribution < 1.29 is 9.53 Å². The lowest BCUT2D eigenvalue weighted by molar-refractivity contribution is -0.123. The van der Waals surface area contributed by atoms with Crippen molar-refractivity contribution in [2.24, 2.45) is 0 Å². The molecule has 1 aromatic carbocycles. The van der Waals surface area contributed by atoms with Crippen LogP contribution in [0, 0.1) is 0 Å². The minimum Gasteiger partial charge on any atom is -0.484 e. The summed E-state index contributed by atoms with van der Waals surface area (Å²) in [7, 11) is 0. The smallest absolute Gasteiger partial charge is 0.257 e. The van der Waals surface area contributed by atoms with Crippen LogP contribution in [0.3, 0.4) is 0 Å². The second-order valence-corrected chi connectivity index (χ2v) is 4.07. The zero-order chi connectivity index (χ0) is 10.9. The van der Waals surface area contributed by atoms with Gasteiger partial charge in [0, 0.05) is 11.0 Å². The molecule has 4 heteroatoms. The van der Waals surface area contributed by atoms with Crippen LogP contribution in [0.15, 0.2) is 30.3 Å². The number of benzene rings is 1. The summed E-state index contributed by atoms with van der Waals surface area (Å²) < 4.78 is 6.34. The van der Waals surface area contributed by atoms with Gasteiger partial charge in [-0.2, -0.15) is 0 Å². The van der Waals surface area contributed by atoms with Crippen molar-refractivity contribution in [2.75, 3.05) is 17.6 Å². The van der Waals surface area contributed by atoms with Crippen LogP contribution in [0.25, 0.3) is 0 Å². The maximum Gasteiger partial charge on any atom is 0.257 e. The Morgan fingerprint density at radius 1 is 1.33 bits per heavy atom. The summed E-state index contributed by atoms with van der Waals surface area (Å²) in [5, 5.41) is 2.79. The van der Waals surface area contributed by atoms with E-state index in [4.69, 9.17) is 4.74 Å². The van der Waals surface area contributed by atoms with Crippen LogP contribution in [0.4, 0.5) is 0 Å². The first-order valence-electron chi connectivity index (χ1n) is 4.83. The first kappa shape index (κ1) is 12.3. The minimum atomic E-state index is -0.0660. The molecule has 0 aliphatic rings. The fourth-order valence-corrected chi connectivity index (χ4v) is 1.39. The summed E-state index contributed by atoms with van der Waals surface area (Å²) in [4.78, 5) is 11.3. The van der Waals surface area contributed by atoms with Gasteiger partial charge in [-0.25, -0.2) is 0 Å². The van der Waals surface area contributed by atoms with Crippen LogP contribution in [-0.4, -0.2) is 23.5 Å². The number of hydrogen-bond acceptors (Lipinski definition) is 2. The predicted octanol–water partition coefficient (Wildman–Crippen LogP) is 2.01. The molecule has 15 heavy (non-hydrogen) atoms. The van der Waals surface area contributed by atoms with Gasteiger partial charge >= 0.3 is 0 Å². The molecular weight excluding hydrogens is 305 g/mol. The number of nitrogens with one attached hydrogen (secondary N) is 1. The van der Waals surface area contributed by atoms with E-state index in [2.05, 4.69) is 27.9 Å². The molecule has 0 aliphatic carbocycles. The molecule has 0 spiro atoms. The molecule has 0 aromatic heterocycles. The van der Waals surface area contributed by atoms with E-state index in [0.29, 0.717) is 0 Å². The van der Waals surface area contributed by atoms with Crippen LogP contribution in [-0.2, 0) is 4.79 Å². The average molecular weight is 319 g/mol. The van der Waals surface area contributed by atoms with E-state index < -0.39 is 0 Å². The van der Waals surface area contributed by atoms with E-state index >= 15 is 0 Å². The highest BCUT2D eigenvalue weighted by molar-refractivity contribution is 14.1. The molecule has 0 saturated carbocycles. The fourth-order valence-electron chi connectivity index (χ4n) is 1.01. The van der Waals surface area contributed by atoms with E-state index in [9.17, 15) is 4.79 Å². The number of rotatable bonds is 6. The molecule has 3 nitrogen and oxygen atoms in total. The lowest BCUT2D eigenvalue weighted by atomic mass is 10.3. The number of carbonyl (C=O) groups is 1. The molecular formula is C11H14INO2. The molecule has 1 aromatic rings. The van der Waals surface area contributed by atoms with Crippen LogP contribution in [0.1, 0.15) is 6.42 Å². The molecule has 0 saturated heterocycles. The quantitative estimate of drug-likeness (QED) is 0.495. The van der Waals surface area contributed by atoms with Crippen molar-refractivity contribution in [3.63, 3.8) is 0 Å². The lowest BCUT2D eigenvalue weighted by Crippen LogP contribution is -2.29. The highest BCUT2D eigenvalue weighted by atomic mass is 127. The largest absolute Gasteiger partial charge is 0.484 e. The molecule has 1 amide bonds. The van der Waals surface area contributed by atoms with Gasteiger partial charge in [0.2, 0.25) is 0 Å². The monoisotopic (exact) mass is 319 g/mol. The van der Waals surface area contributed by atoms with E-state index in [1.807, 2.05) is 30.3 Å². The Balaban J connectivity index is 2.17. The van der Waals surface area contributed by atoms with Gasteiger partial charge in [-0.05, 0) is 18.6 Å². The number of para-hydroxylation sites is 1. The molecule has 0 fully saturated rings. The lowest BCUT2D eigenvalue weighted by Gasteiger charge is -2.06. The number of alkyl halides is 1. The molecule has 0 atom stereocenters. The Bertz CT molecular complexity index is 290. The highest BCUT2D eigenvalue weighted by Crippen LogP contribution is 2.07. The summed E-state index contributed by atoms with van der Waals surface area (Å²) in [6.45, 7) is 0.811. The molecule has 1 N–H and O–H groups in total. The summed E-state index contributed by atoms with van der Waals surface area (Å²) in [6.07, 6.45) is 0.998. The fraction of sp³-hybridized carbons (Fsp3) is 0.364. The third-order valence-corrected chi connectivity index (χ3v) is 2.51. The van der Waals surface area contributed by atoms with Crippen LogP contribution < -0.4 is 10.1 Å². The summed E-state index contributed by atoms with van der Waals surface area (Å²) in [6, 6.07) is 9.33. The Hall–Kier alpha value is -0.780. The van der Waals surface area contributed by atoms with Crippen LogP contribution in [0.2, 0.25) is 0 Å². The standard InChI is InChI=1S/C11H14INO2/c12-7-4-8-13-11(14)9-15-10-5-2-1-3-6-10/h1-3,5-6H,4,7-9H2,(H,13,14). The average Bonchev–Trinajstić information content (AvgIpc) is 2.28. The zero-order valence-corrected chi connectivity index (χ0v) is 10.6. The molecule has 1 rings (SSSR count). The first-order valence-corrected chi connectivity index (χ1v) is 6.36. The Kier molecular flexibility index (Phi) is 6.15. The summed E-state index contributed by atoms with van der Waals surface area (Å²) in [5.74, 6) is 0.658. The predicted molar refractivity (Wildman–Crippen MR) is 68.5 cm³/mol.